The van der Waals surface area contributed by atoms with Gasteiger partial charge in [-0.05, 0) is 30.3 Å². The van der Waals surface area contributed by atoms with Gasteiger partial charge >= 0.3 is 0 Å². The van der Waals surface area contributed by atoms with Crippen molar-refractivity contribution in [1.29, 1.82) is 0 Å². The van der Waals surface area contributed by atoms with Gasteiger partial charge in [0.2, 0.25) is 0 Å². The molecular weight excluding hydrogens is 433 g/mol. The zero-order valence-corrected chi connectivity index (χ0v) is 17.0. The number of carbonyl (C=O) groups excluding carboxylic acids is 1. The third kappa shape index (κ3) is 3.47. The SMILES string of the molecule is COCc1c(C(=O)NC2CCOc3ccc(Br)cc32)sc2cccc(F)c12. The number of benzene rings is 2. The molecule has 0 aliphatic carbocycles. The van der Waals surface area contributed by atoms with Crippen LogP contribution in [0.25, 0.3) is 10.1 Å². The summed E-state index contributed by atoms with van der Waals surface area (Å²) in [5.41, 5.74) is 1.53. The summed E-state index contributed by atoms with van der Waals surface area (Å²) in [7, 11) is 1.54. The Morgan fingerprint density at radius 2 is 2.26 bits per heavy atom. The van der Waals surface area contributed by atoms with Crippen LogP contribution in [0.3, 0.4) is 0 Å². The van der Waals surface area contributed by atoms with E-state index in [1.807, 2.05) is 24.3 Å². The van der Waals surface area contributed by atoms with E-state index in [-0.39, 0.29) is 24.4 Å². The number of methoxy groups -OCH3 is 1. The summed E-state index contributed by atoms with van der Waals surface area (Å²) in [5.74, 6) is 0.213. The molecule has 4 nitrogen and oxygen atoms in total. The number of halogens is 2. The normalized spacial score (nSPS) is 16.0. The van der Waals surface area contributed by atoms with Crippen LogP contribution in [0.5, 0.6) is 5.75 Å². The first-order valence-electron chi connectivity index (χ1n) is 8.50. The first kappa shape index (κ1) is 18.4. The second-order valence-corrected chi connectivity index (χ2v) is 8.27. The Labute approximate surface area is 168 Å². The van der Waals surface area contributed by atoms with E-state index in [0.717, 1.165) is 20.5 Å². The van der Waals surface area contributed by atoms with Gasteiger partial charge in [-0.25, -0.2) is 4.39 Å². The summed E-state index contributed by atoms with van der Waals surface area (Å²) in [6.07, 6.45) is 0.675. The highest BCUT2D eigenvalue weighted by Gasteiger charge is 2.27. The van der Waals surface area contributed by atoms with Crippen LogP contribution >= 0.6 is 27.3 Å². The van der Waals surface area contributed by atoms with E-state index in [9.17, 15) is 9.18 Å². The molecular formula is C20H17BrFNO3S. The van der Waals surface area contributed by atoms with Crippen molar-refractivity contribution in [2.45, 2.75) is 19.1 Å². The van der Waals surface area contributed by atoms with Gasteiger partial charge in [0.05, 0.1) is 24.1 Å². The predicted molar refractivity (Wildman–Crippen MR) is 107 cm³/mol. The van der Waals surface area contributed by atoms with Crippen LogP contribution in [-0.2, 0) is 11.3 Å². The Morgan fingerprint density at radius 3 is 3.07 bits per heavy atom. The monoisotopic (exact) mass is 449 g/mol. The number of carbonyl (C=O) groups is 1. The highest BCUT2D eigenvalue weighted by atomic mass is 79.9. The van der Waals surface area contributed by atoms with Crippen molar-refractivity contribution in [3.05, 3.63) is 62.7 Å². The Balaban J connectivity index is 1.70. The topological polar surface area (TPSA) is 47.6 Å². The second-order valence-electron chi connectivity index (χ2n) is 6.30. The maximum Gasteiger partial charge on any atom is 0.262 e. The van der Waals surface area contributed by atoms with Crippen molar-refractivity contribution < 1.29 is 18.7 Å². The molecule has 1 atom stereocenters. The average molecular weight is 450 g/mol. The Kier molecular flexibility index (Phi) is 5.16. The Hall–Kier alpha value is -1.96. The van der Waals surface area contributed by atoms with Crippen molar-refractivity contribution in [3.63, 3.8) is 0 Å². The Morgan fingerprint density at radius 1 is 1.41 bits per heavy atom. The molecule has 1 aliphatic rings. The molecule has 0 radical (unpaired) electrons. The van der Waals surface area contributed by atoms with Crippen LogP contribution in [0.4, 0.5) is 4.39 Å². The lowest BCUT2D eigenvalue weighted by Gasteiger charge is -2.27. The summed E-state index contributed by atoms with van der Waals surface area (Å²) in [4.78, 5) is 13.5. The van der Waals surface area contributed by atoms with E-state index in [4.69, 9.17) is 9.47 Å². The van der Waals surface area contributed by atoms with Gasteiger partial charge in [0.25, 0.3) is 5.91 Å². The van der Waals surface area contributed by atoms with Crippen molar-refractivity contribution in [2.24, 2.45) is 0 Å². The maximum atomic E-state index is 14.3. The number of thiophene rings is 1. The largest absolute Gasteiger partial charge is 0.493 e. The molecule has 0 spiro atoms. The van der Waals surface area contributed by atoms with E-state index < -0.39 is 0 Å². The number of nitrogens with one attached hydrogen (secondary N) is 1. The third-order valence-electron chi connectivity index (χ3n) is 4.57. The van der Waals surface area contributed by atoms with E-state index in [2.05, 4.69) is 21.2 Å². The summed E-state index contributed by atoms with van der Waals surface area (Å²) in [6.45, 7) is 0.713. The van der Waals surface area contributed by atoms with Crippen LogP contribution < -0.4 is 10.1 Å². The molecule has 1 N–H and O–H groups in total. The minimum atomic E-state index is -0.338. The lowest BCUT2D eigenvalue weighted by molar-refractivity contribution is 0.0924. The number of rotatable bonds is 4. The Bertz CT molecular complexity index is 1020. The van der Waals surface area contributed by atoms with Crippen LogP contribution in [0.15, 0.2) is 40.9 Å². The minimum Gasteiger partial charge on any atom is -0.493 e. The van der Waals surface area contributed by atoms with Crippen molar-refractivity contribution >= 4 is 43.3 Å². The second kappa shape index (κ2) is 7.58. The zero-order chi connectivity index (χ0) is 19.0. The van der Waals surface area contributed by atoms with Gasteiger partial charge in [-0.2, -0.15) is 0 Å². The van der Waals surface area contributed by atoms with Crippen molar-refractivity contribution in [2.75, 3.05) is 13.7 Å². The summed E-state index contributed by atoms with van der Waals surface area (Å²) in [5, 5.41) is 3.55. The molecule has 4 rings (SSSR count). The van der Waals surface area contributed by atoms with Crippen molar-refractivity contribution in [3.8, 4) is 5.75 Å². The summed E-state index contributed by atoms with van der Waals surface area (Å²) < 4.78 is 26.9. The molecule has 1 aliphatic heterocycles. The van der Waals surface area contributed by atoms with E-state index in [1.54, 1.807) is 6.07 Å². The lowest BCUT2D eigenvalue weighted by atomic mass is 10.0. The van der Waals surface area contributed by atoms with Crippen LogP contribution in [0.2, 0.25) is 0 Å². The van der Waals surface area contributed by atoms with Gasteiger partial charge < -0.3 is 14.8 Å². The summed E-state index contributed by atoms with van der Waals surface area (Å²) >= 11 is 4.75. The van der Waals surface area contributed by atoms with E-state index >= 15 is 0 Å². The molecule has 27 heavy (non-hydrogen) atoms. The van der Waals surface area contributed by atoms with Gasteiger partial charge in [-0.15, -0.1) is 11.3 Å². The molecule has 7 heteroatoms. The molecule has 0 saturated carbocycles. The predicted octanol–water partition coefficient (Wildman–Crippen LogP) is 5.20. The molecule has 0 fully saturated rings. The maximum absolute atomic E-state index is 14.3. The van der Waals surface area contributed by atoms with E-state index in [1.165, 1.54) is 24.5 Å². The number of fused-ring (bicyclic) bond motifs is 2. The smallest absolute Gasteiger partial charge is 0.262 e. The van der Waals surface area contributed by atoms with Gasteiger partial charge in [-0.3, -0.25) is 4.79 Å². The molecule has 1 aromatic heterocycles. The van der Waals surface area contributed by atoms with Crippen LogP contribution in [0, 0.1) is 5.82 Å². The molecule has 3 aromatic rings. The van der Waals surface area contributed by atoms with Gasteiger partial charge in [-0.1, -0.05) is 22.0 Å². The standard InChI is InChI=1S/C20H17BrFNO3S/c1-25-10-13-18-14(22)3-2-4-17(18)27-19(13)20(24)23-15-7-8-26-16-6-5-11(21)9-12(15)16/h2-6,9,15H,7-8,10H2,1H3,(H,23,24). The fourth-order valence-electron chi connectivity index (χ4n) is 3.37. The molecule has 1 amide bonds. The molecule has 140 valence electrons. The van der Waals surface area contributed by atoms with E-state index in [0.29, 0.717) is 28.9 Å². The number of amides is 1. The fraction of sp³-hybridized carbons (Fsp3) is 0.250. The quantitative estimate of drug-likeness (QED) is 0.594. The molecule has 2 heterocycles. The molecule has 0 saturated heterocycles. The lowest BCUT2D eigenvalue weighted by Crippen LogP contribution is -2.32. The average Bonchev–Trinajstić information content (AvgIpc) is 3.02. The van der Waals surface area contributed by atoms with Gasteiger partial charge in [0, 0.05) is 39.2 Å². The number of ether oxygens (including phenoxy) is 2. The summed E-state index contributed by atoms with van der Waals surface area (Å²) in [6, 6.07) is 10.5. The third-order valence-corrected chi connectivity index (χ3v) is 6.26. The minimum absolute atomic E-state index is 0.163. The van der Waals surface area contributed by atoms with Gasteiger partial charge in [0.1, 0.15) is 11.6 Å². The van der Waals surface area contributed by atoms with Crippen LogP contribution in [0.1, 0.15) is 33.3 Å². The van der Waals surface area contributed by atoms with Crippen LogP contribution in [-0.4, -0.2) is 19.6 Å². The van der Waals surface area contributed by atoms with Crippen molar-refractivity contribution in [1.82, 2.24) is 5.32 Å². The molecule has 2 aromatic carbocycles. The first-order chi connectivity index (χ1) is 13.1. The fourth-order valence-corrected chi connectivity index (χ4v) is 4.88. The number of hydrogen-bond donors (Lipinski definition) is 1. The highest BCUT2D eigenvalue weighted by Crippen LogP contribution is 2.37. The molecule has 1 unspecified atom stereocenters. The van der Waals surface area contributed by atoms with Gasteiger partial charge in [0.15, 0.2) is 0 Å². The zero-order valence-electron chi connectivity index (χ0n) is 14.6. The highest BCUT2D eigenvalue weighted by molar-refractivity contribution is 9.10. The first-order valence-corrected chi connectivity index (χ1v) is 10.1. The molecule has 0 bridgehead atoms. The number of hydrogen-bond acceptors (Lipinski definition) is 4.